The zero-order chi connectivity index (χ0) is 45.1. The summed E-state index contributed by atoms with van der Waals surface area (Å²) in [4.78, 5) is 9.60. The summed E-state index contributed by atoms with van der Waals surface area (Å²) in [6.07, 6.45) is -31.0. The molecule has 0 unspecified atom stereocenters. The van der Waals surface area contributed by atoms with E-state index in [1.165, 1.54) is 41.3 Å². The summed E-state index contributed by atoms with van der Waals surface area (Å²) in [5.41, 5.74) is -11.4. The normalized spacial score (nSPS) is 13.4. The van der Waals surface area contributed by atoms with Gasteiger partial charge < -0.3 is 15.0 Å². The molecule has 3 aromatic carbocycles. The van der Waals surface area contributed by atoms with Gasteiger partial charge in [-0.25, -0.2) is 0 Å². The monoisotopic (exact) mass is 890 g/mol. The fourth-order valence-electron chi connectivity index (χ4n) is 6.32. The molecule has 0 aliphatic rings. The lowest BCUT2D eigenvalue weighted by Crippen LogP contribution is -2.23. The molecule has 3 N–H and O–H groups in total. The van der Waals surface area contributed by atoms with Crippen molar-refractivity contribution < 1.29 is 79.0 Å². The minimum atomic E-state index is -5.17. The van der Waals surface area contributed by atoms with E-state index in [1.807, 2.05) is 0 Å². The Morgan fingerprint density at radius 2 is 0.492 bits per heavy atom. The van der Waals surface area contributed by atoms with E-state index in [0.717, 1.165) is 0 Å². The summed E-state index contributed by atoms with van der Waals surface area (Å²) in [6, 6.07) is 9.99. The van der Waals surface area contributed by atoms with Crippen molar-refractivity contribution in [3.8, 4) is 33.8 Å². The quantitative estimate of drug-likeness (QED) is 0.124. The van der Waals surface area contributed by atoms with Crippen molar-refractivity contribution in [2.75, 3.05) is 0 Å². The molecular formula is C39H24F18N4. The van der Waals surface area contributed by atoms with Crippen LogP contribution in [0.2, 0.25) is 0 Å². The number of nitrogens with zero attached hydrogens (tertiary/aromatic N) is 1. The lowest BCUT2D eigenvalue weighted by atomic mass is 10.0. The number of hydrogen-bond acceptors (Lipinski definition) is 1. The summed E-state index contributed by atoms with van der Waals surface area (Å²) < 4.78 is 244. The maximum atomic E-state index is 13.6. The van der Waals surface area contributed by atoms with Gasteiger partial charge in [0.1, 0.15) is 0 Å². The summed E-state index contributed by atoms with van der Waals surface area (Å²) >= 11 is 0. The van der Waals surface area contributed by atoms with Crippen LogP contribution in [-0.2, 0) is 56.7 Å². The summed E-state index contributed by atoms with van der Waals surface area (Å²) in [7, 11) is 0. The molecule has 61 heavy (non-hydrogen) atoms. The third kappa shape index (κ3) is 10.8. The van der Waals surface area contributed by atoms with Crippen LogP contribution in [0.5, 0.6) is 0 Å². The number of nitrogens with one attached hydrogen (secondary N) is 3. The Labute approximate surface area is 330 Å². The Bertz CT molecular complexity index is 2130. The summed E-state index contributed by atoms with van der Waals surface area (Å²) in [6.45, 7) is -0.800. The van der Waals surface area contributed by atoms with Gasteiger partial charge in [0.2, 0.25) is 0 Å². The highest BCUT2D eigenvalue weighted by Crippen LogP contribution is 2.42. The Morgan fingerprint density at radius 3 is 0.672 bits per heavy atom. The van der Waals surface area contributed by atoms with Crippen LogP contribution in [0.1, 0.15) is 50.5 Å². The zero-order valence-corrected chi connectivity index (χ0v) is 30.0. The first kappa shape index (κ1) is 44.7. The average Bonchev–Trinajstić information content (AvgIpc) is 3.91. The van der Waals surface area contributed by atoms with E-state index in [2.05, 4.69) is 15.0 Å². The molecule has 0 saturated heterocycles. The molecule has 0 atom stereocenters. The van der Waals surface area contributed by atoms with E-state index in [9.17, 15) is 79.0 Å². The number of benzene rings is 3. The van der Waals surface area contributed by atoms with Crippen LogP contribution in [0.3, 0.4) is 0 Å². The van der Waals surface area contributed by atoms with Gasteiger partial charge in [0.15, 0.2) is 0 Å². The van der Waals surface area contributed by atoms with Crippen molar-refractivity contribution in [3.05, 3.63) is 141 Å². The molecule has 6 rings (SSSR count). The fraction of sp³-hybridized carbons (Fsp3) is 0.231. The second-order valence-corrected chi connectivity index (χ2v) is 13.7. The molecule has 6 aromatic rings. The number of aromatic amines is 3. The predicted molar refractivity (Wildman–Crippen MR) is 182 cm³/mol. The molecule has 326 valence electrons. The Morgan fingerprint density at radius 1 is 0.295 bits per heavy atom. The Kier molecular flexibility index (Phi) is 11.4. The first-order valence-corrected chi connectivity index (χ1v) is 17.1. The number of alkyl halides is 18. The van der Waals surface area contributed by atoms with Gasteiger partial charge in [-0.3, -0.25) is 4.90 Å². The molecular weight excluding hydrogens is 866 g/mol. The van der Waals surface area contributed by atoms with Crippen molar-refractivity contribution in [3.63, 3.8) is 0 Å². The largest absolute Gasteiger partial charge is 0.416 e. The van der Waals surface area contributed by atoms with Crippen molar-refractivity contribution in [1.29, 1.82) is 0 Å². The highest BCUT2D eigenvalue weighted by atomic mass is 19.4. The Hall–Kier alpha value is -5.80. The minimum absolute atomic E-state index is 0.0725. The first-order chi connectivity index (χ1) is 27.9. The van der Waals surface area contributed by atoms with Gasteiger partial charge >= 0.3 is 37.1 Å². The van der Waals surface area contributed by atoms with E-state index >= 15 is 0 Å². The second-order valence-electron chi connectivity index (χ2n) is 13.7. The highest BCUT2D eigenvalue weighted by Gasteiger charge is 2.40. The van der Waals surface area contributed by atoms with Gasteiger partial charge in [-0.15, -0.1) is 0 Å². The summed E-state index contributed by atoms with van der Waals surface area (Å²) in [5, 5.41) is 0. The lowest BCUT2D eigenvalue weighted by Gasteiger charge is -2.21. The van der Waals surface area contributed by atoms with Gasteiger partial charge in [-0.1, -0.05) is 0 Å². The van der Waals surface area contributed by atoms with Crippen LogP contribution in [0, 0.1) is 0 Å². The topological polar surface area (TPSA) is 50.6 Å². The molecule has 0 fully saturated rings. The van der Waals surface area contributed by atoms with Gasteiger partial charge in [-0.05, 0) is 108 Å². The van der Waals surface area contributed by atoms with Crippen LogP contribution in [0.4, 0.5) is 79.0 Å². The average molecular weight is 891 g/mol. The van der Waals surface area contributed by atoms with E-state index in [0.29, 0.717) is 36.4 Å². The van der Waals surface area contributed by atoms with Crippen LogP contribution >= 0.6 is 0 Å². The molecule has 22 heteroatoms. The van der Waals surface area contributed by atoms with Crippen molar-refractivity contribution in [1.82, 2.24) is 19.9 Å². The number of halogens is 18. The van der Waals surface area contributed by atoms with Crippen LogP contribution < -0.4 is 0 Å². The van der Waals surface area contributed by atoms with E-state index in [-0.39, 0.29) is 72.0 Å². The van der Waals surface area contributed by atoms with Crippen molar-refractivity contribution in [2.24, 2.45) is 0 Å². The van der Waals surface area contributed by atoms with Crippen LogP contribution in [0.25, 0.3) is 33.8 Å². The molecule has 0 amide bonds. The zero-order valence-electron chi connectivity index (χ0n) is 30.0. The SMILES string of the molecule is FC(F)(F)c1cc(-c2ccc(CN(Cc3ccc(-c4cc(C(F)(F)F)cc(C(F)(F)F)c4)[nH]3)Cc3ccc(-c4cc(C(F)(F)F)cc(C(F)(F)F)c4)[nH]3)[nH]2)cc(C(F)(F)F)c1. The number of hydrogen-bond donors (Lipinski definition) is 3. The Balaban J connectivity index is 1.36. The standard InChI is InChI=1S/C39H24F18N4/c40-34(41,42)22-7-19(8-23(13-22)35(43,44)45)31-4-1-28(58-31)16-61(17-29-2-5-32(59-29)20-9-24(36(46,47)48)14-25(10-20)37(49,50)51)18-30-3-6-33(60-30)21-11-26(38(52,53)54)15-27(12-21)39(55,56)57/h1-15,58-60H,16-18H2. The third-order valence-corrected chi connectivity index (χ3v) is 9.12. The van der Waals surface area contributed by atoms with Crippen LogP contribution in [0.15, 0.2) is 91.0 Å². The molecule has 0 aliphatic carbocycles. The van der Waals surface area contributed by atoms with Gasteiger partial charge in [0, 0.05) is 53.8 Å². The molecule has 4 nitrogen and oxygen atoms in total. The number of H-pyrrole nitrogens is 3. The molecule has 3 aromatic heterocycles. The maximum Gasteiger partial charge on any atom is 0.416 e. The van der Waals surface area contributed by atoms with Gasteiger partial charge in [0.25, 0.3) is 0 Å². The second kappa shape index (κ2) is 15.6. The predicted octanol–water partition coefficient (Wildman–Crippen LogP) is 14.0. The van der Waals surface area contributed by atoms with Crippen molar-refractivity contribution in [2.45, 2.75) is 56.7 Å². The molecule has 0 saturated carbocycles. The van der Waals surface area contributed by atoms with E-state index in [1.54, 1.807) is 0 Å². The molecule has 0 radical (unpaired) electrons. The number of rotatable bonds is 9. The molecule has 3 heterocycles. The van der Waals surface area contributed by atoms with E-state index in [4.69, 9.17) is 0 Å². The molecule has 0 bridgehead atoms. The molecule has 0 aliphatic heterocycles. The van der Waals surface area contributed by atoms with Gasteiger partial charge in [-0.2, -0.15) is 79.0 Å². The van der Waals surface area contributed by atoms with Gasteiger partial charge in [0.05, 0.1) is 33.4 Å². The minimum Gasteiger partial charge on any atom is -0.357 e. The number of aromatic nitrogens is 3. The third-order valence-electron chi connectivity index (χ3n) is 9.12. The molecule has 0 spiro atoms. The van der Waals surface area contributed by atoms with E-state index < -0.39 is 87.1 Å². The smallest absolute Gasteiger partial charge is 0.357 e. The fourth-order valence-corrected chi connectivity index (χ4v) is 6.32. The highest BCUT2D eigenvalue weighted by molar-refractivity contribution is 5.65. The van der Waals surface area contributed by atoms with Crippen molar-refractivity contribution >= 4 is 0 Å². The van der Waals surface area contributed by atoms with Crippen LogP contribution in [-0.4, -0.2) is 19.9 Å². The lowest BCUT2D eigenvalue weighted by molar-refractivity contribution is -0.144. The maximum absolute atomic E-state index is 13.6. The first-order valence-electron chi connectivity index (χ1n) is 17.1. The summed E-state index contributed by atoms with van der Waals surface area (Å²) in [5.74, 6) is 0.